The Morgan fingerprint density at radius 1 is 1.03 bits per heavy atom. The number of nitrogens with zero attached hydrogens (tertiary/aromatic N) is 1. The summed E-state index contributed by atoms with van der Waals surface area (Å²) in [6.07, 6.45) is 14.5. The van der Waals surface area contributed by atoms with Gasteiger partial charge in [-0.25, -0.2) is 4.99 Å². The lowest BCUT2D eigenvalue weighted by Crippen LogP contribution is -2.57. The molecule has 1 aromatic carbocycles. The van der Waals surface area contributed by atoms with Crippen LogP contribution >= 0.6 is 0 Å². The highest BCUT2D eigenvalue weighted by Gasteiger charge is 2.62. The van der Waals surface area contributed by atoms with Crippen LogP contribution in [0.4, 0.5) is 0 Å². The molecule has 5 fully saturated rings. The SMILES string of the molecule is CC=C1C2CC3(C(=O)N=CC4CCC(NC)CC4)CC1CC(c1ccccc1)(C2)C3. The second kappa shape index (κ2) is 7.75. The fourth-order valence-corrected chi connectivity index (χ4v) is 7.66. The lowest BCUT2D eigenvalue weighted by molar-refractivity contribution is -0.140. The van der Waals surface area contributed by atoms with E-state index in [-0.39, 0.29) is 16.7 Å². The average Bonchev–Trinajstić information content (AvgIpc) is 2.78. The Labute approximate surface area is 181 Å². The second-order valence-electron chi connectivity index (χ2n) is 10.6. The van der Waals surface area contributed by atoms with Crippen molar-refractivity contribution in [2.45, 2.75) is 76.2 Å². The van der Waals surface area contributed by atoms with Gasteiger partial charge in [-0.2, -0.15) is 0 Å². The fraction of sp³-hybridized carbons (Fsp3) is 0.630. The highest BCUT2D eigenvalue weighted by molar-refractivity contribution is 5.91. The molecule has 5 aliphatic rings. The lowest BCUT2D eigenvalue weighted by atomic mass is 9.41. The second-order valence-corrected chi connectivity index (χ2v) is 10.6. The van der Waals surface area contributed by atoms with Gasteiger partial charge in [-0.1, -0.05) is 42.0 Å². The molecule has 2 atom stereocenters. The summed E-state index contributed by atoms with van der Waals surface area (Å²) in [5.41, 5.74) is 2.99. The van der Waals surface area contributed by atoms with Gasteiger partial charge >= 0.3 is 0 Å². The average molecular weight is 405 g/mol. The van der Waals surface area contributed by atoms with Gasteiger partial charge in [0.2, 0.25) is 0 Å². The van der Waals surface area contributed by atoms with E-state index in [2.05, 4.69) is 60.7 Å². The zero-order chi connectivity index (χ0) is 20.8. The van der Waals surface area contributed by atoms with Crippen molar-refractivity contribution in [3.05, 3.63) is 47.5 Å². The summed E-state index contributed by atoms with van der Waals surface area (Å²) in [6.45, 7) is 2.20. The number of carbonyl (C=O) groups is 1. The molecule has 1 amide bonds. The van der Waals surface area contributed by atoms with Crippen molar-refractivity contribution in [2.75, 3.05) is 7.05 Å². The molecule has 0 heterocycles. The first-order valence-electron chi connectivity index (χ1n) is 12.0. The molecule has 0 aromatic heterocycles. The number of nitrogens with one attached hydrogen (secondary N) is 1. The maximum absolute atomic E-state index is 13.6. The van der Waals surface area contributed by atoms with E-state index in [1.807, 2.05) is 6.21 Å². The first-order chi connectivity index (χ1) is 14.6. The summed E-state index contributed by atoms with van der Waals surface area (Å²) in [5.74, 6) is 1.77. The molecule has 0 saturated heterocycles. The van der Waals surface area contributed by atoms with Crippen LogP contribution in [-0.4, -0.2) is 25.2 Å². The van der Waals surface area contributed by atoms with Crippen LogP contribution in [0.25, 0.3) is 0 Å². The van der Waals surface area contributed by atoms with Gasteiger partial charge in [0.15, 0.2) is 0 Å². The van der Waals surface area contributed by atoms with E-state index in [0.717, 1.165) is 32.1 Å². The van der Waals surface area contributed by atoms with Crippen molar-refractivity contribution in [2.24, 2.45) is 28.2 Å². The molecule has 1 N–H and O–H groups in total. The van der Waals surface area contributed by atoms with Crippen molar-refractivity contribution < 1.29 is 4.79 Å². The van der Waals surface area contributed by atoms with Gasteiger partial charge in [0, 0.05) is 12.3 Å². The molecule has 3 nitrogen and oxygen atoms in total. The van der Waals surface area contributed by atoms with Crippen molar-refractivity contribution in [1.82, 2.24) is 5.32 Å². The van der Waals surface area contributed by atoms with Crippen LogP contribution in [0.5, 0.6) is 0 Å². The molecule has 4 bridgehead atoms. The molecule has 1 aromatic rings. The minimum absolute atomic E-state index is 0.162. The Hall–Kier alpha value is -1.74. The Balaban J connectivity index is 1.40. The largest absolute Gasteiger partial charge is 0.317 e. The van der Waals surface area contributed by atoms with Crippen LogP contribution in [0.3, 0.4) is 0 Å². The van der Waals surface area contributed by atoms with Crippen LogP contribution in [-0.2, 0) is 10.2 Å². The molecular formula is C27H36N2O. The maximum atomic E-state index is 13.6. The fourth-order valence-electron chi connectivity index (χ4n) is 7.66. The van der Waals surface area contributed by atoms with E-state index in [9.17, 15) is 4.79 Å². The number of amides is 1. The van der Waals surface area contributed by atoms with Crippen LogP contribution in [0.15, 0.2) is 47.0 Å². The Bertz CT molecular complexity index is 829. The minimum atomic E-state index is -0.243. The third-order valence-electron chi connectivity index (χ3n) is 8.92. The van der Waals surface area contributed by atoms with E-state index in [4.69, 9.17) is 0 Å². The van der Waals surface area contributed by atoms with Gasteiger partial charge in [-0.05, 0) is 100 Å². The van der Waals surface area contributed by atoms with Gasteiger partial charge in [0.05, 0.1) is 5.41 Å². The molecule has 0 radical (unpaired) electrons. The van der Waals surface area contributed by atoms with Crippen molar-refractivity contribution in [3.63, 3.8) is 0 Å². The van der Waals surface area contributed by atoms with E-state index in [1.165, 1.54) is 31.2 Å². The summed E-state index contributed by atoms with van der Waals surface area (Å²) in [5, 5.41) is 3.39. The molecule has 5 aliphatic carbocycles. The van der Waals surface area contributed by atoms with Gasteiger partial charge in [-0.15, -0.1) is 0 Å². The summed E-state index contributed by atoms with van der Waals surface area (Å²) in [4.78, 5) is 18.3. The molecule has 0 spiro atoms. The maximum Gasteiger partial charge on any atom is 0.251 e. The van der Waals surface area contributed by atoms with Crippen LogP contribution in [0.1, 0.15) is 70.3 Å². The van der Waals surface area contributed by atoms with Gasteiger partial charge in [0.1, 0.15) is 0 Å². The molecule has 30 heavy (non-hydrogen) atoms. The Morgan fingerprint density at radius 2 is 1.70 bits per heavy atom. The van der Waals surface area contributed by atoms with E-state index >= 15 is 0 Å². The molecule has 6 rings (SSSR count). The summed E-state index contributed by atoms with van der Waals surface area (Å²) < 4.78 is 0. The van der Waals surface area contributed by atoms with E-state index in [1.54, 1.807) is 5.57 Å². The normalized spacial score (nSPS) is 40.1. The Morgan fingerprint density at radius 3 is 2.30 bits per heavy atom. The highest BCUT2D eigenvalue weighted by atomic mass is 16.1. The molecule has 160 valence electrons. The third-order valence-corrected chi connectivity index (χ3v) is 8.92. The van der Waals surface area contributed by atoms with Crippen LogP contribution in [0.2, 0.25) is 0 Å². The standard InChI is InChI=1S/C27H36N2O/c1-3-24-20-13-26(22-7-5-4-6-8-22)14-21(24)16-27(15-20,18-26)25(30)29-17-19-9-11-23(28-2)12-10-19/h3-8,17,19-21,23,28H,9-16,18H2,1-2H3. The quantitative estimate of drug-likeness (QED) is 0.535. The van der Waals surface area contributed by atoms with Gasteiger partial charge in [-0.3, -0.25) is 4.79 Å². The molecule has 2 unspecified atom stereocenters. The predicted molar refractivity (Wildman–Crippen MR) is 123 cm³/mol. The highest BCUT2D eigenvalue weighted by Crippen LogP contribution is 2.67. The molecule has 0 aliphatic heterocycles. The number of carbonyl (C=O) groups excluding carboxylic acids is 1. The van der Waals surface area contributed by atoms with Crippen molar-refractivity contribution >= 4 is 12.1 Å². The van der Waals surface area contributed by atoms with Crippen molar-refractivity contribution in [1.29, 1.82) is 0 Å². The van der Waals surface area contributed by atoms with Gasteiger partial charge < -0.3 is 5.32 Å². The number of hydrogen-bond acceptors (Lipinski definition) is 2. The topological polar surface area (TPSA) is 41.5 Å². The first kappa shape index (κ1) is 20.2. The summed E-state index contributed by atoms with van der Waals surface area (Å²) in [6, 6.07) is 11.7. The van der Waals surface area contributed by atoms with Crippen LogP contribution < -0.4 is 5.32 Å². The molecule has 3 heteroatoms. The Kier molecular flexibility index (Phi) is 5.21. The molecular weight excluding hydrogens is 368 g/mol. The monoisotopic (exact) mass is 404 g/mol. The third kappa shape index (κ3) is 3.30. The molecule has 5 saturated carbocycles. The smallest absolute Gasteiger partial charge is 0.251 e. The zero-order valence-corrected chi connectivity index (χ0v) is 18.6. The first-order valence-corrected chi connectivity index (χ1v) is 12.0. The van der Waals surface area contributed by atoms with E-state index < -0.39 is 0 Å². The summed E-state index contributed by atoms with van der Waals surface area (Å²) >= 11 is 0. The predicted octanol–water partition coefficient (Wildman–Crippen LogP) is 5.46. The van der Waals surface area contributed by atoms with Gasteiger partial charge in [0.25, 0.3) is 5.91 Å². The number of aliphatic imine (C=N–C) groups is 1. The summed E-state index contributed by atoms with van der Waals surface area (Å²) in [7, 11) is 2.05. The number of rotatable bonds is 4. The lowest BCUT2D eigenvalue weighted by Gasteiger charge is -2.62. The van der Waals surface area contributed by atoms with E-state index in [0.29, 0.717) is 23.8 Å². The number of hydrogen-bond donors (Lipinski definition) is 1. The van der Waals surface area contributed by atoms with Crippen molar-refractivity contribution in [3.8, 4) is 0 Å². The minimum Gasteiger partial charge on any atom is -0.317 e. The number of benzene rings is 1. The number of allylic oxidation sites excluding steroid dienone is 2. The zero-order valence-electron chi connectivity index (χ0n) is 18.6. The van der Waals surface area contributed by atoms with Crippen LogP contribution in [0, 0.1) is 23.2 Å².